The van der Waals surface area contributed by atoms with Crippen molar-refractivity contribution in [2.75, 3.05) is 19.8 Å². The number of aliphatic carboxylic acids is 1. The predicted octanol–water partition coefficient (Wildman–Crippen LogP) is 2.46. The molecular weight excluding hydrogens is 252 g/mol. The molecule has 0 aromatic heterocycles. The van der Waals surface area contributed by atoms with Gasteiger partial charge >= 0.3 is 14.8 Å². The molecule has 0 heterocycles. The predicted molar refractivity (Wildman–Crippen MR) is 71.4 cm³/mol. The summed E-state index contributed by atoms with van der Waals surface area (Å²) in [7, 11) is -3.03. The summed E-state index contributed by atoms with van der Waals surface area (Å²) in [6.45, 7) is 12.3. The van der Waals surface area contributed by atoms with Crippen LogP contribution in [0.4, 0.5) is 0 Å². The molecule has 0 spiro atoms. The molecule has 0 saturated carbocycles. The Bertz CT molecular complexity index is 263. The standard InChI is InChI=1S/C12H24O5Si/c1-6-11(10(5)12(13)14)18(15-7-2,16-8-3)17-9-4/h11H,5-9H2,1-4H3,(H,13,14). The van der Waals surface area contributed by atoms with Crippen molar-refractivity contribution in [3.63, 3.8) is 0 Å². The zero-order valence-electron chi connectivity index (χ0n) is 11.7. The van der Waals surface area contributed by atoms with Gasteiger partial charge in [-0.3, -0.25) is 0 Å². The Labute approximate surface area is 110 Å². The number of rotatable bonds is 10. The van der Waals surface area contributed by atoms with E-state index in [0.29, 0.717) is 26.2 Å². The van der Waals surface area contributed by atoms with E-state index in [9.17, 15) is 4.79 Å². The Morgan fingerprint density at radius 2 is 1.50 bits per heavy atom. The normalized spacial score (nSPS) is 13.3. The van der Waals surface area contributed by atoms with Gasteiger partial charge in [0.2, 0.25) is 0 Å². The van der Waals surface area contributed by atoms with E-state index >= 15 is 0 Å². The van der Waals surface area contributed by atoms with Crippen LogP contribution in [-0.2, 0) is 18.1 Å². The molecule has 1 N–H and O–H groups in total. The van der Waals surface area contributed by atoms with Gasteiger partial charge in [-0.25, -0.2) is 4.79 Å². The third-order valence-corrected chi connectivity index (χ3v) is 6.25. The maximum atomic E-state index is 11.1. The monoisotopic (exact) mass is 276 g/mol. The van der Waals surface area contributed by atoms with Crippen LogP contribution >= 0.6 is 0 Å². The highest BCUT2D eigenvalue weighted by atomic mass is 28.4. The minimum Gasteiger partial charge on any atom is -0.478 e. The molecule has 0 aliphatic carbocycles. The highest BCUT2D eigenvalue weighted by molar-refractivity contribution is 6.63. The fourth-order valence-electron chi connectivity index (χ4n) is 1.89. The molecule has 0 saturated heterocycles. The topological polar surface area (TPSA) is 65.0 Å². The summed E-state index contributed by atoms with van der Waals surface area (Å²) >= 11 is 0. The average molecular weight is 276 g/mol. The summed E-state index contributed by atoms with van der Waals surface area (Å²) in [5.74, 6) is -1.03. The quantitative estimate of drug-likeness (QED) is 0.490. The van der Waals surface area contributed by atoms with Crippen LogP contribution in [0.25, 0.3) is 0 Å². The van der Waals surface area contributed by atoms with Gasteiger partial charge < -0.3 is 18.4 Å². The highest BCUT2D eigenvalue weighted by Gasteiger charge is 2.50. The summed E-state index contributed by atoms with van der Waals surface area (Å²) in [6, 6.07) is 0. The summed E-state index contributed by atoms with van der Waals surface area (Å²) < 4.78 is 17.1. The molecule has 1 atom stereocenters. The molecule has 0 fully saturated rings. The van der Waals surface area contributed by atoms with Gasteiger partial charge in [0.25, 0.3) is 0 Å². The number of hydrogen-bond acceptors (Lipinski definition) is 4. The summed E-state index contributed by atoms with van der Waals surface area (Å²) in [6.07, 6.45) is 0.567. The van der Waals surface area contributed by atoms with Crippen LogP contribution in [0, 0.1) is 0 Å². The fourth-order valence-corrected chi connectivity index (χ4v) is 5.00. The minimum absolute atomic E-state index is 0.0968. The van der Waals surface area contributed by atoms with E-state index < -0.39 is 20.3 Å². The molecule has 106 valence electrons. The Balaban J connectivity index is 5.31. The first-order chi connectivity index (χ1) is 8.48. The third kappa shape index (κ3) is 4.20. The zero-order valence-corrected chi connectivity index (χ0v) is 12.7. The average Bonchev–Trinajstić information content (AvgIpc) is 2.30. The van der Waals surface area contributed by atoms with E-state index in [-0.39, 0.29) is 5.57 Å². The first-order valence-electron chi connectivity index (χ1n) is 6.32. The van der Waals surface area contributed by atoms with E-state index in [2.05, 4.69) is 6.58 Å². The van der Waals surface area contributed by atoms with Crippen LogP contribution in [0.15, 0.2) is 12.2 Å². The largest absolute Gasteiger partial charge is 0.509 e. The maximum Gasteiger partial charge on any atom is 0.509 e. The molecular formula is C12H24O5Si. The van der Waals surface area contributed by atoms with Gasteiger partial charge in [0.1, 0.15) is 0 Å². The van der Waals surface area contributed by atoms with E-state index in [1.54, 1.807) is 0 Å². The zero-order chi connectivity index (χ0) is 14.2. The molecule has 0 rings (SSSR count). The lowest BCUT2D eigenvalue weighted by Crippen LogP contribution is -2.51. The first-order valence-corrected chi connectivity index (χ1v) is 8.13. The van der Waals surface area contributed by atoms with Crippen LogP contribution in [0.1, 0.15) is 34.1 Å². The second kappa shape index (κ2) is 8.42. The Morgan fingerprint density at radius 1 is 1.11 bits per heavy atom. The van der Waals surface area contributed by atoms with Gasteiger partial charge in [0, 0.05) is 25.4 Å². The van der Waals surface area contributed by atoms with Gasteiger partial charge in [-0.15, -0.1) is 0 Å². The Kier molecular flexibility index (Phi) is 8.09. The molecule has 5 nitrogen and oxygen atoms in total. The van der Waals surface area contributed by atoms with Crippen LogP contribution in [0.5, 0.6) is 0 Å². The molecule has 6 heteroatoms. The lowest BCUT2D eigenvalue weighted by Gasteiger charge is -2.34. The molecule has 0 aromatic carbocycles. The fraction of sp³-hybridized carbons (Fsp3) is 0.750. The van der Waals surface area contributed by atoms with Crippen molar-refractivity contribution in [2.24, 2.45) is 0 Å². The van der Waals surface area contributed by atoms with Crippen LogP contribution in [0.2, 0.25) is 5.54 Å². The lowest BCUT2D eigenvalue weighted by molar-refractivity contribution is -0.133. The van der Waals surface area contributed by atoms with E-state index in [1.165, 1.54) is 0 Å². The molecule has 0 aliphatic rings. The van der Waals surface area contributed by atoms with Gasteiger partial charge in [0.15, 0.2) is 0 Å². The second-order valence-corrected chi connectivity index (χ2v) is 6.46. The van der Waals surface area contributed by atoms with E-state index in [0.717, 1.165) is 0 Å². The van der Waals surface area contributed by atoms with Crippen LogP contribution in [-0.4, -0.2) is 39.7 Å². The van der Waals surface area contributed by atoms with E-state index in [4.69, 9.17) is 18.4 Å². The number of carboxylic acid groups (broad SMARTS) is 1. The van der Waals surface area contributed by atoms with Gasteiger partial charge in [-0.2, -0.15) is 0 Å². The maximum absolute atomic E-state index is 11.1. The summed E-state index contributed by atoms with van der Waals surface area (Å²) in [5, 5.41) is 9.11. The van der Waals surface area contributed by atoms with Gasteiger partial charge in [-0.05, 0) is 27.2 Å². The first kappa shape index (κ1) is 17.3. The van der Waals surface area contributed by atoms with Crippen molar-refractivity contribution in [1.29, 1.82) is 0 Å². The van der Waals surface area contributed by atoms with Crippen molar-refractivity contribution in [3.05, 3.63) is 12.2 Å². The molecule has 1 unspecified atom stereocenters. The second-order valence-electron chi connectivity index (χ2n) is 3.69. The number of hydrogen-bond donors (Lipinski definition) is 1. The van der Waals surface area contributed by atoms with Gasteiger partial charge in [-0.1, -0.05) is 13.5 Å². The van der Waals surface area contributed by atoms with Crippen molar-refractivity contribution in [3.8, 4) is 0 Å². The van der Waals surface area contributed by atoms with Crippen molar-refractivity contribution in [2.45, 2.75) is 39.7 Å². The van der Waals surface area contributed by atoms with Gasteiger partial charge in [0.05, 0.1) is 5.54 Å². The summed E-state index contributed by atoms with van der Waals surface area (Å²) in [4.78, 5) is 11.1. The SMILES string of the molecule is C=C(C(=O)O)C(CC)[Si](OCC)(OCC)OCC. The Morgan fingerprint density at radius 3 is 1.72 bits per heavy atom. The molecule has 0 radical (unpaired) electrons. The number of carbonyl (C=O) groups is 1. The Hall–Kier alpha value is -0.693. The van der Waals surface area contributed by atoms with E-state index in [1.807, 2.05) is 27.7 Å². The molecule has 0 amide bonds. The molecule has 0 bridgehead atoms. The van der Waals surface area contributed by atoms with Crippen LogP contribution in [0.3, 0.4) is 0 Å². The van der Waals surface area contributed by atoms with Crippen molar-refractivity contribution in [1.82, 2.24) is 0 Å². The lowest BCUT2D eigenvalue weighted by atomic mass is 10.2. The molecule has 18 heavy (non-hydrogen) atoms. The highest BCUT2D eigenvalue weighted by Crippen LogP contribution is 2.35. The molecule has 0 aliphatic heterocycles. The minimum atomic E-state index is -3.03. The van der Waals surface area contributed by atoms with Crippen LogP contribution < -0.4 is 0 Å². The third-order valence-electron chi connectivity index (χ3n) is 2.57. The van der Waals surface area contributed by atoms with Crippen molar-refractivity contribution < 1.29 is 23.2 Å². The smallest absolute Gasteiger partial charge is 0.478 e. The summed E-state index contributed by atoms with van der Waals surface area (Å²) in [5.41, 5.74) is -0.311. The number of carboxylic acids is 1. The molecule has 0 aromatic rings. The van der Waals surface area contributed by atoms with Crippen molar-refractivity contribution >= 4 is 14.8 Å².